The summed E-state index contributed by atoms with van der Waals surface area (Å²) in [5, 5.41) is 0.543. The smallest absolute Gasteiger partial charge is 0.127 e. The molecule has 1 aromatic carbocycles. The second kappa shape index (κ2) is 6.26. The molecule has 0 aliphatic heterocycles. The molecule has 0 saturated carbocycles. The molecule has 3 heteroatoms. The molecule has 0 saturated heterocycles. The third-order valence-corrected chi connectivity index (χ3v) is 4.33. The van der Waals surface area contributed by atoms with Crippen molar-refractivity contribution >= 4 is 11.8 Å². The molecule has 1 aromatic rings. The Kier molecular flexibility index (Phi) is 5.29. The van der Waals surface area contributed by atoms with Crippen LogP contribution in [0.5, 0.6) is 0 Å². The van der Waals surface area contributed by atoms with Gasteiger partial charge in [0.05, 0.1) is 0 Å². The molecule has 0 bridgehead atoms. The standard InChI is InChI=1S/C13H20FNS/c1-9(2)10(3)16-8-12-6-11(7-15)4-5-13(12)14/h4-6,9-10H,7-8,15H2,1-3H3. The van der Waals surface area contributed by atoms with Crippen LogP contribution in [0.15, 0.2) is 18.2 Å². The Morgan fingerprint density at radius 2 is 2.00 bits per heavy atom. The average molecular weight is 241 g/mol. The Hall–Kier alpha value is -0.540. The van der Waals surface area contributed by atoms with Gasteiger partial charge in [-0.05, 0) is 23.1 Å². The van der Waals surface area contributed by atoms with E-state index in [-0.39, 0.29) is 5.82 Å². The van der Waals surface area contributed by atoms with Crippen molar-refractivity contribution in [2.75, 3.05) is 0 Å². The van der Waals surface area contributed by atoms with Gasteiger partial charge in [-0.1, -0.05) is 32.9 Å². The zero-order valence-corrected chi connectivity index (χ0v) is 11.0. The highest BCUT2D eigenvalue weighted by Gasteiger charge is 2.10. The maximum atomic E-state index is 13.5. The van der Waals surface area contributed by atoms with Gasteiger partial charge in [0, 0.05) is 17.5 Å². The van der Waals surface area contributed by atoms with E-state index in [2.05, 4.69) is 20.8 Å². The van der Waals surface area contributed by atoms with Crippen molar-refractivity contribution in [3.63, 3.8) is 0 Å². The molecule has 0 radical (unpaired) electrons. The van der Waals surface area contributed by atoms with E-state index < -0.39 is 0 Å². The Balaban J connectivity index is 2.65. The monoisotopic (exact) mass is 241 g/mol. The lowest BCUT2D eigenvalue weighted by molar-refractivity contribution is 0.614. The van der Waals surface area contributed by atoms with Gasteiger partial charge in [-0.3, -0.25) is 0 Å². The van der Waals surface area contributed by atoms with E-state index in [9.17, 15) is 4.39 Å². The van der Waals surface area contributed by atoms with Crippen LogP contribution in [0.1, 0.15) is 31.9 Å². The fourth-order valence-corrected chi connectivity index (χ4v) is 2.33. The molecular formula is C13H20FNS. The highest BCUT2D eigenvalue weighted by atomic mass is 32.2. The second-order valence-electron chi connectivity index (χ2n) is 4.39. The van der Waals surface area contributed by atoms with Crippen LogP contribution >= 0.6 is 11.8 Å². The molecule has 0 aliphatic carbocycles. The van der Waals surface area contributed by atoms with Crippen LogP contribution in [0.3, 0.4) is 0 Å². The minimum Gasteiger partial charge on any atom is -0.326 e. The Labute approximate surface area is 102 Å². The largest absolute Gasteiger partial charge is 0.326 e. The summed E-state index contributed by atoms with van der Waals surface area (Å²) >= 11 is 1.79. The van der Waals surface area contributed by atoms with Crippen molar-refractivity contribution in [3.8, 4) is 0 Å². The quantitative estimate of drug-likeness (QED) is 0.853. The number of hydrogen-bond donors (Lipinski definition) is 1. The Morgan fingerprint density at radius 3 is 2.56 bits per heavy atom. The van der Waals surface area contributed by atoms with Crippen molar-refractivity contribution in [2.45, 2.75) is 38.3 Å². The van der Waals surface area contributed by atoms with Crippen LogP contribution in [0.4, 0.5) is 4.39 Å². The van der Waals surface area contributed by atoms with Crippen LogP contribution in [0.25, 0.3) is 0 Å². The molecule has 0 aliphatic rings. The summed E-state index contributed by atoms with van der Waals surface area (Å²) in [5.74, 6) is 1.21. The molecule has 90 valence electrons. The van der Waals surface area contributed by atoms with Gasteiger partial charge < -0.3 is 5.73 Å². The number of rotatable bonds is 5. The average Bonchev–Trinajstić information content (AvgIpc) is 2.27. The molecule has 0 heterocycles. The minimum absolute atomic E-state index is 0.124. The lowest BCUT2D eigenvalue weighted by Crippen LogP contribution is -2.06. The SMILES string of the molecule is CC(C)C(C)SCc1cc(CN)ccc1F. The van der Waals surface area contributed by atoms with Crippen LogP contribution in [0.2, 0.25) is 0 Å². The van der Waals surface area contributed by atoms with Crippen molar-refractivity contribution < 1.29 is 4.39 Å². The lowest BCUT2D eigenvalue weighted by atomic mass is 10.1. The van der Waals surface area contributed by atoms with Gasteiger partial charge in [0.1, 0.15) is 5.82 Å². The van der Waals surface area contributed by atoms with E-state index in [1.165, 1.54) is 6.07 Å². The normalized spacial score (nSPS) is 13.1. The summed E-state index contributed by atoms with van der Waals surface area (Å²) < 4.78 is 13.5. The van der Waals surface area contributed by atoms with Gasteiger partial charge in [-0.2, -0.15) is 11.8 Å². The maximum absolute atomic E-state index is 13.5. The first-order valence-corrected chi connectivity index (χ1v) is 6.68. The molecule has 0 spiro atoms. The molecule has 0 aromatic heterocycles. The molecular weight excluding hydrogens is 221 g/mol. The molecule has 1 atom stereocenters. The van der Waals surface area contributed by atoms with Crippen molar-refractivity contribution in [3.05, 3.63) is 35.1 Å². The molecule has 0 fully saturated rings. The summed E-state index contributed by atoms with van der Waals surface area (Å²) in [6, 6.07) is 5.13. The summed E-state index contributed by atoms with van der Waals surface area (Å²) in [4.78, 5) is 0. The van der Waals surface area contributed by atoms with E-state index in [1.54, 1.807) is 17.8 Å². The number of halogens is 1. The first-order valence-electron chi connectivity index (χ1n) is 5.63. The zero-order valence-electron chi connectivity index (χ0n) is 10.2. The van der Waals surface area contributed by atoms with Gasteiger partial charge in [0.15, 0.2) is 0 Å². The molecule has 1 unspecified atom stereocenters. The van der Waals surface area contributed by atoms with Gasteiger partial charge in [0.25, 0.3) is 0 Å². The lowest BCUT2D eigenvalue weighted by Gasteiger charge is -2.15. The highest BCUT2D eigenvalue weighted by molar-refractivity contribution is 7.99. The van der Waals surface area contributed by atoms with Crippen molar-refractivity contribution in [2.24, 2.45) is 11.7 Å². The molecule has 0 amide bonds. The summed E-state index contributed by atoms with van der Waals surface area (Å²) in [5.41, 5.74) is 7.30. The first-order chi connectivity index (χ1) is 7.54. The van der Waals surface area contributed by atoms with E-state index in [1.807, 2.05) is 6.07 Å². The number of benzene rings is 1. The van der Waals surface area contributed by atoms with Crippen molar-refractivity contribution in [1.29, 1.82) is 0 Å². The number of nitrogens with two attached hydrogens (primary N) is 1. The number of hydrogen-bond acceptors (Lipinski definition) is 2. The predicted molar refractivity (Wildman–Crippen MR) is 69.9 cm³/mol. The summed E-state index contributed by atoms with van der Waals surface area (Å²) in [6.45, 7) is 7.02. The fraction of sp³-hybridized carbons (Fsp3) is 0.538. The minimum atomic E-state index is -0.124. The fourth-order valence-electron chi connectivity index (χ4n) is 1.28. The predicted octanol–water partition coefficient (Wildman–Crippen LogP) is 3.56. The molecule has 1 rings (SSSR count). The second-order valence-corrected chi connectivity index (χ2v) is 5.76. The number of thioether (sulfide) groups is 1. The van der Waals surface area contributed by atoms with E-state index in [0.29, 0.717) is 17.7 Å². The zero-order chi connectivity index (χ0) is 12.1. The van der Waals surface area contributed by atoms with Crippen LogP contribution < -0.4 is 5.73 Å². The summed E-state index contributed by atoms with van der Waals surface area (Å²) in [6.07, 6.45) is 0. The van der Waals surface area contributed by atoms with Crippen LogP contribution in [-0.4, -0.2) is 5.25 Å². The third-order valence-electron chi connectivity index (χ3n) is 2.79. The van der Waals surface area contributed by atoms with E-state index in [4.69, 9.17) is 5.73 Å². The maximum Gasteiger partial charge on any atom is 0.127 e. The van der Waals surface area contributed by atoms with E-state index in [0.717, 1.165) is 16.9 Å². The van der Waals surface area contributed by atoms with Gasteiger partial charge >= 0.3 is 0 Å². The highest BCUT2D eigenvalue weighted by Crippen LogP contribution is 2.24. The first kappa shape index (κ1) is 13.5. The molecule has 1 nitrogen and oxygen atoms in total. The Morgan fingerprint density at radius 1 is 1.31 bits per heavy atom. The van der Waals surface area contributed by atoms with Gasteiger partial charge in [-0.15, -0.1) is 0 Å². The van der Waals surface area contributed by atoms with Crippen LogP contribution in [0, 0.1) is 11.7 Å². The topological polar surface area (TPSA) is 26.0 Å². The Bertz CT molecular complexity index is 339. The third kappa shape index (κ3) is 3.80. The van der Waals surface area contributed by atoms with Gasteiger partial charge in [0.2, 0.25) is 0 Å². The molecule has 2 N–H and O–H groups in total. The molecule has 16 heavy (non-hydrogen) atoms. The van der Waals surface area contributed by atoms with Crippen LogP contribution in [-0.2, 0) is 12.3 Å². The summed E-state index contributed by atoms with van der Waals surface area (Å²) in [7, 11) is 0. The van der Waals surface area contributed by atoms with Crippen molar-refractivity contribution in [1.82, 2.24) is 0 Å². The van der Waals surface area contributed by atoms with E-state index >= 15 is 0 Å². The van der Waals surface area contributed by atoms with Gasteiger partial charge in [-0.25, -0.2) is 4.39 Å².